The smallest absolute Gasteiger partial charge is 0.255 e. The van der Waals surface area contributed by atoms with Gasteiger partial charge < -0.3 is 21.2 Å². The van der Waals surface area contributed by atoms with Crippen molar-refractivity contribution in [2.75, 3.05) is 34.1 Å². The van der Waals surface area contributed by atoms with E-state index in [9.17, 15) is 13.2 Å². The van der Waals surface area contributed by atoms with Crippen LogP contribution in [0.2, 0.25) is 0 Å². The van der Waals surface area contributed by atoms with Crippen molar-refractivity contribution in [3.05, 3.63) is 77.1 Å². The summed E-state index contributed by atoms with van der Waals surface area (Å²) in [5.41, 5.74) is 16.7. The predicted molar refractivity (Wildman–Crippen MR) is 155 cm³/mol. The lowest BCUT2D eigenvalue weighted by Crippen LogP contribution is -2.36. The lowest BCUT2D eigenvalue weighted by Gasteiger charge is -2.24. The summed E-state index contributed by atoms with van der Waals surface area (Å²) in [6.45, 7) is 7.93. The average Bonchev–Trinajstić information content (AvgIpc) is 3.33. The fourth-order valence-electron chi connectivity index (χ4n) is 4.01. The standard InChI is InChI=1S/C27H33N7O4S/c1-16-7-8-17(11-23(16)34-15-22(31-33-34)18-9-10-24(28)29-14-18)26(35)30-20-12-19(27(2,3)4)13-21(25(20)38-5)32-39(6,36)37/h7-15,31-33H,1-6H3,(H2,28,29)(H,30,35). The van der Waals surface area contributed by atoms with Crippen LogP contribution >= 0.6 is 0 Å². The van der Waals surface area contributed by atoms with Crippen LogP contribution in [0.4, 0.5) is 22.9 Å². The van der Waals surface area contributed by atoms with Crippen LogP contribution in [0.15, 0.2) is 54.9 Å². The van der Waals surface area contributed by atoms with Crippen LogP contribution < -0.4 is 36.5 Å². The number of aryl methyl sites for hydroxylation is 1. The third kappa shape index (κ3) is 6.41. The van der Waals surface area contributed by atoms with Gasteiger partial charge >= 0.3 is 0 Å². The summed E-state index contributed by atoms with van der Waals surface area (Å²) in [6, 6.07) is 12.4. The van der Waals surface area contributed by atoms with Crippen LogP contribution in [0.1, 0.15) is 47.8 Å². The molecule has 0 atom stereocenters. The quantitative estimate of drug-likeness (QED) is 0.296. The molecule has 3 aromatic rings. The second-order valence-electron chi connectivity index (χ2n) is 10.3. The summed E-state index contributed by atoms with van der Waals surface area (Å²) in [5, 5.41) is 4.68. The largest absolute Gasteiger partial charge is 0.492 e. The first kappa shape index (κ1) is 27.7. The van der Waals surface area contributed by atoms with Crippen molar-refractivity contribution in [2.24, 2.45) is 0 Å². The molecule has 2 heterocycles. The van der Waals surface area contributed by atoms with E-state index in [0.29, 0.717) is 17.1 Å². The lowest BCUT2D eigenvalue weighted by molar-refractivity contribution is 0.102. The molecule has 0 fully saturated rings. The summed E-state index contributed by atoms with van der Waals surface area (Å²) in [6.07, 6.45) is 4.59. The maximum absolute atomic E-state index is 13.4. The Morgan fingerprint density at radius 1 is 1.10 bits per heavy atom. The molecule has 0 aliphatic carbocycles. The second kappa shape index (κ2) is 10.5. The Balaban J connectivity index is 1.66. The van der Waals surface area contributed by atoms with Gasteiger partial charge in [0.25, 0.3) is 5.91 Å². The van der Waals surface area contributed by atoms with Gasteiger partial charge in [0, 0.05) is 23.5 Å². The monoisotopic (exact) mass is 551 g/mol. The van der Waals surface area contributed by atoms with Gasteiger partial charge in [-0.2, -0.15) is 0 Å². The summed E-state index contributed by atoms with van der Waals surface area (Å²) in [4.78, 5) is 17.6. The Morgan fingerprint density at radius 2 is 1.82 bits per heavy atom. The number of aromatic nitrogens is 1. The highest BCUT2D eigenvalue weighted by molar-refractivity contribution is 7.92. The molecule has 0 saturated heterocycles. The Bertz CT molecular complexity index is 1550. The second-order valence-corrected chi connectivity index (χ2v) is 12.1. The molecule has 1 aromatic heterocycles. The molecule has 11 nitrogen and oxygen atoms in total. The average molecular weight is 552 g/mol. The molecular formula is C27H33N7O4S. The number of nitrogens with zero attached hydrogens (tertiary/aromatic N) is 2. The number of nitrogens with one attached hydrogen (secondary N) is 4. The highest BCUT2D eigenvalue weighted by Crippen LogP contribution is 2.39. The van der Waals surface area contributed by atoms with Gasteiger partial charge in [-0.25, -0.2) is 13.4 Å². The zero-order valence-electron chi connectivity index (χ0n) is 22.7. The molecule has 2 aromatic carbocycles. The van der Waals surface area contributed by atoms with Gasteiger partial charge in [0.2, 0.25) is 10.0 Å². The minimum atomic E-state index is -3.59. The maximum Gasteiger partial charge on any atom is 0.255 e. The molecule has 12 heteroatoms. The number of carbonyl (C=O) groups excluding carboxylic acids is 1. The lowest BCUT2D eigenvalue weighted by atomic mass is 9.86. The van der Waals surface area contributed by atoms with Crippen molar-refractivity contribution in [1.29, 1.82) is 0 Å². The third-order valence-corrected chi connectivity index (χ3v) is 6.69. The van der Waals surface area contributed by atoms with Gasteiger partial charge in [-0.05, 0) is 59.9 Å². The third-order valence-electron chi connectivity index (χ3n) is 6.10. The number of hydrogen-bond donors (Lipinski definition) is 5. The van der Waals surface area contributed by atoms with Gasteiger partial charge in [-0.3, -0.25) is 14.5 Å². The molecule has 206 valence electrons. The number of hydrazine groups is 2. The summed E-state index contributed by atoms with van der Waals surface area (Å²) >= 11 is 0. The van der Waals surface area contributed by atoms with Crippen molar-refractivity contribution in [2.45, 2.75) is 33.1 Å². The Labute approximate surface area is 228 Å². The van der Waals surface area contributed by atoms with Crippen molar-refractivity contribution in [3.8, 4) is 5.75 Å². The highest BCUT2D eigenvalue weighted by atomic mass is 32.2. The number of nitrogen functional groups attached to an aromatic ring is 1. The number of ether oxygens (including phenoxy) is 1. The number of anilines is 4. The normalized spacial score (nSPS) is 13.5. The topological polar surface area (TPSA) is 151 Å². The number of carbonyl (C=O) groups is 1. The van der Waals surface area contributed by atoms with Crippen LogP contribution in [0, 0.1) is 6.92 Å². The molecule has 0 saturated carbocycles. The van der Waals surface area contributed by atoms with Gasteiger partial charge in [0.1, 0.15) is 5.82 Å². The SMILES string of the molecule is COc1c(NC(=O)c2ccc(C)c(N3C=C(c4ccc(N)nc4)NN3)c2)cc(C(C)(C)C)cc1NS(C)(=O)=O. The number of sulfonamides is 1. The van der Waals surface area contributed by atoms with Gasteiger partial charge in [0.05, 0.1) is 36.1 Å². The van der Waals surface area contributed by atoms with Crippen LogP contribution in [-0.4, -0.2) is 32.7 Å². The summed E-state index contributed by atoms with van der Waals surface area (Å²) in [7, 11) is -2.17. The highest BCUT2D eigenvalue weighted by Gasteiger charge is 2.23. The van der Waals surface area contributed by atoms with Crippen LogP contribution in [-0.2, 0) is 15.4 Å². The molecule has 0 bridgehead atoms. The molecule has 0 radical (unpaired) electrons. The van der Waals surface area contributed by atoms with E-state index in [1.807, 2.05) is 46.0 Å². The Morgan fingerprint density at radius 3 is 2.44 bits per heavy atom. The maximum atomic E-state index is 13.4. The molecule has 1 aliphatic heterocycles. The molecular weight excluding hydrogens is 518 g/mol. The number of benzene rings is 2. The van der Waals surface area contributed by atoms with Gasteiger partial charge in [-0.1, -0.05) is 26.8 Å². The number of pyridine rings is 1. The van der Waals surface area contributed by atoms with E-state index in [1.54, 1.807) is 41.5 Å². The number of amides is 1. The first-order valence-corrected chi connectivity index (χ1v) is 14.0. The molecule has 6 N–H and O–H groups in total. The van der Waals surface area contributed by atoms with E-state index in [1.165, 1.54) is 7.11 Å². The molecule has 4 rings (SSSR count). The van der Waals surface area contributed by atoms with E-state index < -0.39 is 10.0 Å². The van der Waals surface area contributed by atoms with Gasteiger partial charge in [-0.15, -0.1) is 5.53 Å². The summed E-state index contributed by atoms with van der Waals surface area (Å²) < 4.78 is 32.1. The van der Waals surface area contributed by atoms with Crippen LogP contribution in [0.25, 0.3) is 5.70 Å². The van der Waals surface area contributed by atoms with Crippen LogP contribution in [0.5, 0.6) is 5.75 Å². The molecule has 0 spiro atoms. The Kier molecular flexibility index (Phi) is 7.44. The minimum absolute atomic E-state index is 0.212. The summed E-state index contributed by atoms with van der Waals surface area (Å²) in [5.74, 6) is 0.259. The number of nitrogens with two attached hydrogens (primary N) is 1. The Hall–Kier alpha value is -4.29. The zero-order chi connectivity index (χ0) is 28.5. The molecule has 39 heavy (non-hydrogen) atoms. The van der Waals surface area contributed by atoms with E-state index in [0.717, 1.165) is 34.3 Å². The van der Waals surface area contributed by atoms with E-state index in [4.69, 9.17) is 10.5 Å². The zero-order valence-corrected chi connectivity index (χ0v) is 23.5. The van der Waals surface area contributed by atoms with E-state index in [2.05, 4.69) is 26.0 Å². The van der Waals surface area contributed by atoms with Crippen molar-refractivity contribution < 1.29 is 17.9 Å². The number of rotatable bonds is 7. The van der Waals surface area contributed by atoms with E-state index in [-0.39, 0.29) is 22.8 Å². The fourth-order valence-corrected chi connectivity index (χ4v) is 4.56. The first-order valence-electron chi connectivity index (χ1n) is 12.1. The minimum Gasteiger partial charge on any atom is -0.492 e. The molecule has 0 unspecified atom stereocenters. The van der Waals surface area contributed by atoms with Crippen molar-refractivity contribution in [1.82, 2.24) is 15.9 Å². The van der Waals surface area contributed by atoms with Crippen molar-refractivity contribution >= 4 is 44.5 Å². The van der Waals surface area contributed by atoms with Crippen molar-refractivity contribution in [3.63, 3.8) is 0 Å². The van der Waals surface area contributed by atoms with Gasteiger partial charge in [0.15, 0.2) is 5.75 Å². The van der Waals surface area contributed by atoms with Crippen LogP contribution in [0.3, 0.4) is 0 Å². The van der Waals surface area contributed by atoms with E-state index >= 15 is 0 Å². The molecule has 1 aliphatic rings. The number of methoxy groups -OCH3 is 1. The first-order chi connectivity index (χ1) is 18.2. The predicted octanol–water partition coefficient (Wildman–Crippen LogP) is 3.73. The number of hydrogen-bond acceptors (Lipinski definition) is 9. The molecule has 1 amide bonds. The fraction of sp³-hybridized carbons (Fsp3) is 0.259.